The van der Waals surface area contributed by atoms with E-state index < -0.39 is 0 Å². The standard InChI is InChI=1S/C11H18N2O2/c12-4-2-6-13-5-1-3-10(9-13)11-14-7-8-15-11/h10-11H,1-3,5-9H2/t10-/m0/s1. The predicted octanol–water partition coefficient (Wildman–Crippen LogP) is 0.985. The summed E-state index contributed by atoms with van der Waals surface area (Å²) in [6, 6.07) is 2.20. The van der Waals surface area contributed by atoms with Gasteiger partial charge >= 0.3 is 0 Å². The molecule has 0 aromatic rings. The molecular formula is C11H18N2O2. The molecule has 2 saturated heterocycles. The molecule has 0 aromatic heterocycles. The van der Waals surface area contributed by atoms with Crippen LogP contribution in [0.3, 0.4) is 0 Å². The molecule has 4 heteroatoms. The van der Waals surface area contributed by atoms with Crippen LogP contribution in [0.15, 0.2) is 0 Å². The quantitative estimate of drug-likeness (QED) is 0.696. The van der Waals surface area contributed by atoms with Crippen LogP contribution < -0.4 is 0 Å². The molecule has 2 aliphatic heterocycles. The van der Waals surface area contributed by atoms with Gasteiger partial charge in [0.25, 0.3) is 0 Å². The maximum Gasteiger partial charge on any atom is 0.161 e. The average molecular weight is 210 g/mol. The molecule has 4 nitrogen and oxygen atoms in total. The Bertz CT molecular complexity index is 233. The Balaban J connectivity index is 1.78. The summed E-state index contributed by atoms with van der Waals surface area (Å²) >= 11 is 0. The van der Waals surface area contributed by atoms with Crippen LogP contribution >= 0.6 is 0 Å². The Morgan fingerprint density at radius 3 is 2.87 bits per heavy atom. The normalized spacial score (nSPS) is 29.1. The smallest absolute Gasteiger partial charge is 0.161 e. The molecule has 0 radical (unpaired) electrons. The zero-order chi connectivity index (χ0) is 10.5. The van der Waals surface area contributed by atoms with Crippen LogP contribution in [0.25, 0.3) is 0 Å². The molecule has 1 atom stereocenters. The third-order valence-electron chi connectivity index (χ3n) is 3.11. The second-order valence-corrected chi connectivity index (χ2v) is 4.22. The van der Waals surface area contributed by atoms with Crippen molar-refractivity contribution in [2.75, 3.05) is 32.8 Å². The summed E-state index contributed by atoms with van der Waals surface area (Å²) < 4.78 is 11.1. The topological polar surface area (TPSA) is 45.5 Å². The third-order valence-corrected chi connectivity index (χ3v) is 3.11. The Kier molecular flexibility index (Phi) is 3.95. The molecule has 2 aliphatic rings. The molecule has 2 heterocycles. The molecule has 0 spiro atoms. The lowest BCUT2D eigenvalue weighted by atomic mass is 9.97. The number of hydrogen-bond donors (Lipinski definition) is 0. The number of piperidine rings is 1. The Morgan fingerprint density at radius 1 is 1.33 bits per heavy atom. The van der Waals surface area contributed by atoms with Gasteiger partial charge in [0.05, 0.1) is 19.3 Å². The Labute approximate surface area is 90.8 Å². The largest absolute Gasteiger partial charge is 0.350 e. The second kappa shape index (κ2) is 5.45. The number of nitrogens with zero attached hydrogens (tertiary/aromatic N) is 2. The zero-order valence-electron chi connectivity index (χ0n) is 9.02. The summed E-state index contributed by atoms with van der Waals surface area (Å²) in [4.78, 5) is 2.35. The van der Waals surface area contributed by atoms with Gasteiger partial charge in [0, 0.05) is 25.4 Å². The van der Waals surface area contributed by atoms with E-state index in [4.69, 9.17) is 14.7 Å². The molecule has 0 unspecified atom stereocenters. The molecule has 0 bridgehead atoms. The number of likely N-dealkylation sites (tertiary alicyclic amines) is 1. The molecular weight excluding hydrogens is 192 g/mol. The lowest BCUT2D eigenvalue weighted by molar-refractivity contribution is -0.0998. The van der Waals surface area contributed by atoms with Crippen molar-refractivity contribution >= 4 is 0 Å². The first-order valence-electron chi connectivity index (χ1n) is 5.72. The van der Waals surface area contributed by atoms with E-state index in [-0.39, 0.29) is 6.29 Å². The lowest BCUT2D eigenvalue weighted by Gasteiger charge is -2.34. The van der Waals surface area contributed by atoms with Crippen molar-refractivity contribution in [1.82, 2.24) is 4.90 Å². The van der Waals surface area contributed by atoms with Gasteiger partial charge < -0.3 is 14.4 Å². The summed E-state index contributed by atoms with van der Waals surface area (Å²) in [5.41, 5.74) is 0. The van der Waals surface area contributed by atoms with Crippen LogP contribution in [0, 0.1) is 17.2 Å². The van der Waals surface area contributed by atoms with E-state index in [0.717, 1.165) is 32.8 Å². The van der Waals surface area contributed by atoms with Gasteiger partial charge in [-0.05, 0) is 19.4 Å². The van der Waals surface area contributed by atoms with Crippen LogP contribution in [-0.4, -0.2) is 44.0 Å². The molecule has 84 valence electrons. The lowest BCUT2D eigenvalue weighted by Crippen LogP contribution is -2.41. The van der Waals surface area contributed by atoms with Crippen molar-refractivity contribution < 1.29 is 9.47 Å². The third kappa shape index (κ3) is 2.91. The van der Waals surface area contributed by atoms with Gasteiger partial charge in [-0.2, -0.15) is 5.26 Å². The fourth-order valence-corrected chi connectivity index (χ4v) is 2.37. The van der Waals surface area contributed by atoms with E-state index in [9.17, 15) is 0 Å². The van der Waals surface area contributed by atoms with E-state index in [2.05, 4.69) is 11.0 Å². The number of hydrogen-bond acceptors (Lipinski definition) is 4. The maximum absolute atomic E-state index is 8.55. The number of rotatable bonds is 3. The van der Waals surface area contributed by atoms with Crippen LogP contribution in [-0.2, 0) is 9.47 Å². The van der Waals surface area contributed by atoms with Crippen LogP contribution in [0.5, 0.6) is 0 Å². The van der Waals surface area contributed by atoms with Gasteiger partial charge in [-0.1, -0.05) is 0 Å². The minimum Gasteiger partial charge on any atom is -0.350 e. The Morgan fingerprint density at radius 2 is 2.13 bits per heavy atom. The van der Waals surface area contributed by atoms with E-state index in [1.165, 1.54) is 12.8 Å². The van der Waals surface area contributed by atoms with Crippen molar-refractivity contribution in [2.45, 2.75) is 25.6 Å². The Hall–Kier alpha value is -0.630. The van der Waals surface area contributed by atoms with Gasteiger partial charge in [-0.3, -0.25) is 0 Å². The first kappa shape index (κ1) is 10.9. The summed E-state index contributed by atoms with van der Waals surface area (Å²) in [7, 11) is 0. The SMILES string of the molecule is N#CCCN1CCC[C@H](C2OCCO2)C1. The summed E-state index contributed by atoms with van der Waals surface area (Å²) in [5.74, 6) is 0.500. The van der Waals surface area contributed by atoms with E-state index in [0.29, 0.717) is 12.3 Å². The average Bonchev–Trinajstić information content (AvgIpc) is 2.80. The van der Waals surface area contributed by atoms with Gasteiger partial charge in [0.15, 0.2) is 6.29 Å². The summed E-state index contributed by atoms with van der Waals surface area (Å²) in [6.07, 6.45) is 3.02. The monoisotopic (exact) mass is 210 g/mol. The van der Waals surface area contributed by atoms with Crippen molar-refractivity contribution in [1.29, 1.82) is 5.26 Å². The van der Waals surface area contributed by atoms with Crippen LogP contribution in [0.2, 0.25) is 0 Å². The summed E-state index contributed by atoms with van der Waals surface area (Å²) in [5, 5.41) is 8.55. The number of nitriles is 1. The first-order valence-corrected chi connectivity index (χ1v) is 5.72. The second-order valence-electron chi connectivity index (χ2n) is 4.22. The van der Waals surface area contributed by atoms with Gasteiger partial charge in [-0.25, -0.2) is 0 Å². The van der Waals surface area contributed by atoms with Crippen LogP contribution in [0.1, 0.15) is 19.3 Å². The summed E-state index contributed by atoms with van der Waals surface area (Å²) in [6.45, 7) is 4.50. The van der Waals surface area contributed by atoms with Crippen molar-refractivity contribution in [3.8, 4) is 6.07 Å². The highest BCUT2D eigenvalue weighted by Crippen LogP contribution is 2.24. The fraction of sp³-hybridized carbons (Fsp3) is 0.909. The fourth-order valence-electron chi connectivity index (χ4n) is 2.37. The molecule has 0 N–H and O–H groups in total. The van der Waals surface area contributed by atoms with Gasteiger partial charge in [-0.15, -0.1) is 0 Å². The molecule has 15 heavy (non-hydrogen) atoms. The zero-order valence-corrected chi connectivity index (χ0v) is 9.02. The molecule has 2 rings (SSSR count). The first-order chi connectivity index (χ1) is 7.40. The minimum atomic E-state index is 0.00915. The molecule has 0 aromatic carbocycles. The van der Waals surface area contributed by atoms with E-state index in [1.54, 1.807) is 0 Å². The highest BCUT2D eigenvalue weighted by molar-refractivity contribution is 4.79. The van der Waals surface area contributed by atoms with Crippen molar-refractivity contribution in [2.24, 2.45) is 5.92 Å². The van der Waals surface area contributed by atoms with E-state index in [1.807, 2.05) is 0 Å². The van der Waals surface area contributed by atoms with Gasteiger partial charge in [0.2, 0.25) is 0 Å². The molecule has 2 fully saturated rings. The van der Waals surface area contributed by atoms with Gasteiger partial charge in [0.1, 0.15) is 0 Å². The maximum atomic E-state index is 8.55. The minimum absolute atomic E-state index is 0.00915. The van der Waals surface area contributed by atoms with Crippen molar-refractivity contribution in [3.05, 3.63) is 0 Å². The highest BCUT2D eigenvalue weighted by atomic mass is 16.7. The molecule has 0 saturated carbocycles. The van der Waals surface area contributed by atoms with Crippen LogP contribution in [0.4, 0.5) is 0 Å². The molecule has 0 aliphatic carbocycles. The van der Waals surface area contributed by atoms with Crippen molar-refractivity contribution in [3.63, 3.8) is 0 Å². The molecule has 0 amide bonds. The predicted molar refractivity (Wildman–Crippen MR) is 55.1 cm³/mol. The highest BCUT2D eigenvalue weighted by Gasteiger charge is 2.30. The number of ether oxygens (including phenoxy) is 2. The van der Waals surface area contributed by atoms with E-state index >= 15 is 0 Å².